The van der Waals surface area contributed by atoms with Crippen LogP contribution in [0.5, 0.6) is 0 Å². The van der Waals surface area contributed by atoms with Gasteiger partial charge in [-0.1, -0.05) is 0 Å². The minimum Gasteiger partial charge on any atom is -0.387 e. The Kier molecular flexibility index (Phi) is 7.05. The molecule has 0 radical (unpaired) electrons. The molecule has 0 aliphatic carbocycles. The largest absolute Gasteiger partial charge is 0.387 e. The molecule has 0 amide bonds. The van der Waals surface area contributed by atoms with Crippen molar-refractivity contribution in [3.63, 3.8) is 0 Å². The van der Waals surface area contributed by atoms with Gasteiger partial charge in [0.05, 0.1) is 32.5 Å². The van der Waals surface area contributed by atoms with Gasteiger partial charge in [0.15, 0.2) is 35.1 Å². The van der Waals surface area contributed by atoms with Gasteiger partial charge < -0.3 is 44.0 Å². The van der Waals surface area contributed by atoms with Crippen molar-refractivity contribution in [1.82, 2.24) is 39.0 Å². The molecular formula is C23H27N9O11P2S. The normalized spacial score (nSPS) is 39.7. The van der Waals surface area contributed by atoms with E-state index in [0.717, 1.165) is 0 Å². The summed E-state index contributed by atoms with van der Waals surface area (Å²) in [6.07, 6.45) is -3.96. The van der Waals surface area contributed by atoms with Crippen LogP contribution in [0.1, 0.15) is 18.3 Å². The molecule has 9 unspecified atom stereocenters. The lowest BCUT2D eigenvalue weighted by atomic mass is 10.0. The van der Waals surface area contributed by atoms with Gasteiger partial charge in [-0.2, -0.15) is 0 Å². The van der Waals surface area contributed by atoms with Crippen molar-refractivity contribution < 1.29 is 46.9 Å². The number of nitrogens with one attached hydrogen (secondary N) is 1. The van der Waals surface area contributed by atoms with Crippen molar-refractivity contribution in [1.29, 1.82) is 0 Å². The fourth-order valence-corrected chi connectivity index (χ4v) is 8.81. The Morgan fingerprint density at radius 2 is 1.83 bits per heavy atom. The summed E-state index contributed by atoms with van der Waals surface area (Å²) in [5.41, 5.74) is 4.88. The molecule has 246 valence electrons. The molecular weight excluding hydrogens is 672 g/mol. The molecule has 20 nitrogen and oxygen atoms in total. The van der Waals surface area contributed by atoms with E-state index in [1.807, 2.05) is 0 Å². The van der Waals surface area contributed by atoms with E-state index in [1.165, 1.54) is 30.2 Å². The maximum absolute atomic E-state index is 13.9. The summed E-state index contributed by atoms with van der Waals surface area (Å²) in [5, 5.41) is 11.3. The molecule has 4 aliphatic rings. The topological polar surface area (TPSA) is 255 Å². The van der Waals surface area contributed by atoms with E-state index in [2.05, 4.69) is 29.9 Å². The van der Waals surface area contributed by atoms with Gasteiger partial charge in [-0.3, -0.25) is 27.5 Å². The highest BCUT2D eigenvalue weighted by atomic mass is 32.5. The Labute approximate surface area is 262 Å². The smallest absolute Gasteiger partial charge is 0.328 e. The van der Waals surface area contributed by atoms with Crippen LogP contribution >= 0.6 is 14.3 Å². The zero-order valence-electron chi connectivity index (χ0n) is 24.0. The molecule has 4 saturated heterocycles. The van der Waals surface area contributed by atoms with Gasteiger partial charge in [-0.05, 0) is 18.7 Å². The zero-order chi connectivity index (χ0) is 32.2. The first-order valence-electron chi connectivity index (χ1n) is 13.9. The Bertz CT molecular complexity index is 2030. The van der Waals surface area contributed by atoms with Crippen LogP contribution < -0.4 is 11.3 Å². The van der Waals surface area contributed by atoms with Crippen LogP contribution in [0.2, 0.25) is 0 Å². The van der Waals surface area contributed by atoms with Gasteiger partial charge in [0.1, 0.15) is 53.8 Å². The summed E-state index contributed by atoms with van der Waals surface area (Å²) in [6, 6.07) is 0. The van der Waals surface area contributed by atoms with Crippen LogP contribution in [0.25, 0.3) is 22.3 Å². The number of hydrogen-bond donors (Lipinski definition) is 4. The Hall–Kier alpha value is -2.78. The number of aliphatic hydroxyl groups excluding tert-OH is 1. The second kappa shape index (κ2) is 10.6. The standard InChI is InChI=1S/C23H27N9O11P2S/c1-9-29-19-12(20(34)30-9)28-8-32(19)21-14-13(33)10(40-21)3-38-45(36,46)43-16-15-22(31-7-27-11-17(24)25-6-26-18(11)31)41-23(16,4-37-15)5-39-44(2,35)42-14/h6-8,10,13-16,21-22,33H,3-5H2,1-2H3,(H,36,46)(H2,24,25,26)(H,29,30,34)/t10?,13?,14?,15?,16?,21?,22?,23?,44-,45?/m1/s1. The second-order valence-corrected chi connectivity index (χ2v) is 16.2. The Balaban J connectivity index is 1.14. The van der Waals surface area contributed by atoms with Gasteiger partial charge in [0, 0.05) is 6.66 Å². The summed E-state index contributed by atoms with van der Waals surface area (Å²) >= 11 is 5.37. The number of imidazole rings is 2. The molecule has 0 spiro atoms. The summed E-state index contributed by atoms with van der Waals surface area (Å²) in [6.45, 7) is -2.19. The summed E-state index contributed by atoms with van der Waals surface area (Å²) in [7, 11) is -4.03. The number of aryl methyl sites for hydroxylation is 1. The van der Waals surface area contributed by atoms with Crippen LogP contribution in [0.3, 0.4) is 0 Å². The van der Waals surface area contributed by atoms with Crippen LogP contribution in [-0.2, 0) is 48.7 Å². The number of anilines is 1. The Morgan fingerprint density at radius 3 is 2.63 bits per heavy atom. The van der Waals surface area contributed by atoms with Crippen molar-refractivity contribution in [2.24, 2.45) is 0 Å². The number of fused-ring (bicyclic) bond motifs is 4. The molecule has 10 atom stereocenters. The van der Waals surface area contributed by atoms with Crippen molar-refractivity contribution >= 4 is 54.3 Å². The number of nitrogen functional groups attached to an aromatic ring is 1. The molecule has 23 heteroatoms. The SMILES string of the molecule is Cc1nc2c(ncn2C2OC3COP(O)(=S)OC4C5OCC4(CO[P@@](C)(=O)OC2C3O)OC5n2cnc3c(N)ncnc32)c(=O)[nH]1. The molecule has 8 rings (SSSR count). The van der Waals surface area contributed by atoms with E-state index in [9.17, 15) is 19.4 Å². The number of nitrogens with zero attached hydrogens (tertiary/aromatic N) is 7. The van der Waals surface area contributed by atoms with Gasteiger partial charge in [0.25, 0.3) is 5.56 Å². The molecule has 0 aromatic carbocycles. The Morgan fingerprint density at radius 1 is 1.07 bits per heavy atom. The molecule has 4 bridgehead atoms. The number of aromatic amines is 1. The third-order valence-corrected chi connectivity index (χ3v) is 11.0. The highest BCUT2D eigenvalue weighted by Gasteiger charge is 2.65. The molecule has 4 aliphatic heterocycles. The molecule has 46 heavy (non-hydrogen) atoms. The maximum atomic E-state index is 13.9. The van der Waals surface area contributed by atoms with E-state index in [-0.39, 0.29) is 23.6 Å². The molecule has 4 fully saturated rings. The highest BCUT2D eigenvalue weighted by molar-refractivity contribution is 8.07. The van der Waals surface area contributed by atoms with Crippen molar-refractivity contribution in [2.45, 2.75) is 55.5 Å². The van der Waals surface area contributed by atoms with Gasteiger partial charge in [-0.25, -0.2) is 24.9 Å². The fraction of sp³-hybridized carbons (Fsp3) is 0.565. The van der Waals surface area contributed by atoms with Crippen molar-refractivity contribution in [3.05, 3.63) is 35.2 Å². The average molecular weight is 700 g/mol. The van der Waals surface area contributed by atoms with E-state index in [0.29, 0.717) is 17.0 Å². The third kappa shape index (κ3) is 4.85. The lowest BCUT2D eigenvalue weighted by Gasteiger charge is -2.33. The molecule has 4 aromatic rings. The van der Waals surface area contributed by atoms with Gasteiger partial charge in [-0.15, -0.1) is 0 Å². The van der Waals surface area contributed by atoms with E-state index in [4.69, 9.17) is 49.8 Å². The number of nitrogens with two attached hydrogens (primary N) is 1. The number of aromatic nitrogens is 8. The molecule has 0 saturated carbocycles. The van der Waals surface area contributed by atoms with Crippen molar-refractivity contribution in [3.8, 4) is 0 Å². The summed E-state index contributed by atoms with van der Waals surface area (Å²) in [5.74, 6) is 0.468. The highest BCUT2D eigenvalue weighted by Crippen LogP contribution is 2.58. The first kappa shape index (κ1) is 30.5. The number of H-pyrrole nitrogens is 1. The molecule has 5 N–H and O–H groups in total. The predicted molar refractivity (Wildman–Crippen MR) is 157 cm³/mol. The average Bonchev–Trinajstić information content (AvgIpc) is 3.80. The first-order valence-corrected chi connectivity index (χ1v) is 18.5. The summed E-state index contributed by atoms with van der Waals surface area (Å²) < 4.78 is 59.0. The fourth-order valence-electron chi connectivity index (χ4n) is 6.17. The van der Waals surface area contributed by atoms with E-state index < -0.39 is 81.7 Å². The lowest BCUT2D eigenvalue weighted by Crippen LogP contribution is -2.45. The van der Waals surface area contributed by atoms with Gasteiger partial charge in [0.2, 0.25) is 0 Å². The monoisotopic (exact) mass is 699 g/mol. The lowest BCUT2D eigenvalue weighted by molar-refractivity contribution is -0.183. The molecule has 4 aromatic heterocycles. The predicted octanol–water partition coefficient (Wildman–Crippen LogP) is -0.368. The first-order chi connectivity index (χ1) is 21.8. The number of ether oxygens (including phenoxy) is 3. The third-order valence-electron chi connectivity index (χ3n) is 8.28. The van der Waals surface area contributed by atoms with E-state index in [1.54, 1.807) is 11.5 Å². The minimum absolute atomic E-state index is 0.0143. The van der Waals surface area contributed by atoms with Crippen LogP contribution in [0.15, 0.2) is 23.8 Å². The zero-order valence-corrected chi connectivity index (χ0v) is 26.6. The minimum atomic E-state index is -4.08. The number of aliphatic hydroxyl groups is 1. The number of rotatable bonds is 2. The summed E-state index contributed by atoms with van der Waals surface area (Å²) in [4.78, 5) is 47.2. The maximum Gasteiger partial charge on any atom is 0.328 e. The van der Waals surface area contributed by atoms with Crippen LogP contribution in [0.4, 0.5) is 5.82 Å². The number of hydrogen-bond acceptors (Lipinski definition) is 17. The van der Waals surface area contributed by atoms with Crippen LogP contribution in [-0.4, -0.2) is 112 Å². The van der Waals surface area contributed by atoms with Gasteiger partial charge >= 0.3 is 14.3 Å². The van der Waals surface area contributed by atoms with Crippen molar-refractivity contribution in [2.75, 3.05) is 32.2 Å². The second-order valence-electron chi connectivity index (χ2n) is 11.4. The molecule has 8 heterocycles. The van der Waals surface area contributed by atoms with E-state index >= 15 is 0 Å². The van der Waals surface area contributed by atoms with Crippen LogP contribution in [0, 0.1) is 6.92 Å². The quantitative estimate of drug-likeness (QED) is 0.195.